The molecular formula is C15H18ClNO2. The van der Waals surface area contributed by atoms with Gasteiger partial charge in [-0.25, -0.2) is 0 Å². The summed E-state index contributed by atoms with van der Waals surface area (Å²) < 4.78 is 11.2. The number of hydrogen-bond donors (Lipinski definition) is 1. The van der Waals surface area contributed by atoms with Crippen LogP contribution in [0.2, 0.25) is 5.02 Å². The van der Waals surface area contributed by atoms with Gasteiger partial charge in [-0.2, -0.15) is 0 Å². The van der Waals surface area contributed by atoms with Crippen molar-refractivity contribution in [3.05, 3.63) is 22.7 Å². The molecule has 0 radical (unpaired) electrons. The van der Waals surface area contributed by atoms with Crippen LogP contribution < -0.4 is 14.8 Å². The monoisotopic (exact) mass is 279 g/mol. The fourth-order valence-corrected chi connectivity index (χ4v) is 2.22. The first-order chi connectivity index (χ1) is 9.31. The Balaban J connectivity index is 1.97. The molecular weight excluding hydrogens is 262 g/mol. The van der Waals surface area contributed by atoms with Crippen LogP contribution in [0.25, 0.3) is 0 Å². The Hall–Kier alpha value is -1.37. The summed E-state index contributed by atoms with van der Waals surface area (Å²) in [5.74, 6) is 4.03. The lowest BCUT2D eigenvalue weighted by molar-refractivity contribution is 0.297. The first-order valence-electron chi connectivity index (χ1n) is 6.53. The van der Waals surface area contributed by atoms with E-state index in [4.69, 9.17) is 27.5 Å². The molecule has 102 valence electrons. The number of benzene rings is 1. The standard InChI is InChI=1S/C15H18ClNO2/c1-2-3-4-6-17-11-12-9-13(16)15-14(10-12)18-7-5-8-19-15/h1,9-10,17H,3-8,11H2. The second-order valence-corrected chi connectivity index (χ2v) is 4.85. The smallest absolute Gasteiger partial charge is 0.179 e. The van der Waals surface area contributed by atoms with Gasteiger partial charge in [0.05, 0.1) is 18.2 Å². The van der Waals surface area contributed by atoms with E-state index in [1.54, 1.807) is 0 Å². The molecule has 1 N–H and O–H groups in total. The number of unbranched alkanes of at least 4 members (excludes halogenated alkanes) is 1. The Morgan fingerprint density at radius 3 is 3.00 bits per heavy atom. The average Bonchev–Trinajstić information content (AvgIpc) is 2.64. The Morgan fingerprint density at radius 1 is 1.32 bits per heavy atom. The van der Waals surface area contributed by atoms with E-state index < -0.39 is 0 Å². The van der Waals surface area contributed by atoms with Crippen LogP contribution in [-0.4, -0.2) is 19.8 Å². The lowest BCUT2D eigenvalue weighted by atomic mass is 10.2. The molecule has 1 aliphatic rings. The highest BCUT2D eigenvalue weighted by Gasteiger charge is 2.15. The van der Waals surface area contributed by atoms with Gasteiger partial charge in [-0.15, -0.1) is 12.3 Å². The lowest BCUT2D eigenvalue weighted by Crippen LogP contribution is -2.14. The Morgan fingerprint density at radius 2 is 2.16 bits per heavy atom. The van der Waals surface area contributed by atoms with Crippen LogP contribution >= 0.6 is 11.6 Å². The minimum absolute atomic E-state index is 0.611. The number of ether oxygens (including phenoxy) is 2. The van der Waals surface area contributed by atoms with Gasteiger partial charge >= 0.3 is 0 Å². The third-order valence-electron chi connectivity index (χ3n) is 2.87. The molecule has 1 aromatic carbocycles. The summed E-state index contributed by atoms with van der Waals surface area (Å²) in [6.07, 6.45) is 7.87. The van der Waals surface area contributed by atoms with Gasteiger partial charge in [0.15, 0.2) is 11.5 Å². The van der Waals surface area contributed by atoms with Crippen LogP contribution in [0.3, 0.4) is 0 Å². The first-order valence-corrected chi connectivity index (χ1v) is 6.91. The molecule has 2 rings (SSSR count). The summed E-state index contributed by atoms with van der Waals surface area (Å²) in [6.45, 7) is 2.97. The average molecular weight is 280 g/mol. The number of rotatable bonds is 5. The van der Waals surface area contributed by atoms with Crippen molar-refractivity contribution in [2.45, 2.75) is 25.8 Å². The van der Waals surface area contributed by atoms with Crippen LogP contribution in [0.4, 0.5) is 0 Å². The Kier molecular flexibility index (Phi) is 5.38. The third kappa shape index (κ3) is 4.05. The highest BCUT2D eigenvalue weighted by Crippen LogP contribution is 2.37. The van der Waals surface area contributed by atoms with Crippen LogP contribution in [-0.2, 0) is 6.54 Å². The predicted octanol–water partition coefficient (Wildman–Crippen LogP) is 3.00. The molecule has 0 spiro atoms. The summed E-state index contributed by atoms with van der Waals surface area (Å²) in [5.41, 5.74) is 1.09. The molecule has 0 saturated heterocycles. The molecule has 0 bridgehead atoms. The molecule has 0 fully saturated rings. The zero-order chi connectivity index (χ0) is 13.5. The molecule has 0 amide bonds. The molecule has 0 unspecified atom stereocenters. The molecule has 0 aromatic heterocycles. The van der Waals surface area contributed by atoms with Gasteiger partial charge < -0.3 is 14.8 Å². The van der Waals surface area contributed by atoms with Crippen molar-refractivity contribution in [1.82, 2.24) is 5.32 Å². The van der Waals surface area contributed by atoms with Gasteiger partial charge in [0.25, 0.3) is 0 Å². The molecule has 1 aliphatic heterocycles. The maximum atomic E-state index is 6.22. The topological polar surface area (TPSA) is 30.5 Å². The minimum Gasteiger partial charge on any atom is -0.489 e. The van der Waals surface area contributed by atoms with Crippen LogP contribution in [0, 0.1) is 12.3 Å². The van der Waals surface area contributed by atoms with Crippen molar-refractivity contribution in [3.8, 4) is 23.8 Å². The second-order valence-electron chi connectivity index (χ2n) is 4.44. The summed E-state index contributed by atoms with van der Waals surface area (Å²) in [4.78, 5) is 0. The highest BCUT2D eigenvalue weighted by molar-refractivity contribution is 6.32. The fourth-order valence-electron chi connectivity index (χ4n) is 1.93. The van der Waals surface area contributed by atoms with Gasteiger partial charge in [0, 0.05) is 19.4 Å². The van der Waals surface area contributed by atoms with E-state index in [2.05, 4.69) is 11.2 Å². The van der Waals surface area contributed by atoms with Gasteiger partial charge in [0.2, 0.25) is 0 Å². The van der Waals surface area contributed by atoms with Crippen molar-refractivity contribution in [1.29, 1.82) is 0 Å². The summed E-state index contributed by atoms with van der Waals surface area (Å²) in [6, 6.07) is 3.91. The minimum atomic E-state index is 0.611. The molecule has 19 heavy (non-hydrogen) atoms. The molecule has 1 heterocycles. The number of fused-ring (bicyclic) bond motifs is 1. The summed E-state index contributed by atoms with van der Waals surface area (Å²) in [5, 5.41) is 3.95. The number of terminal acetylenes is 1. The normalized spacial score (nSPS) is 13.7. The lowest BCUT2D eigenvalue weighted by Gasteiger charge is -2.12. The maximum Gasteiger partial charge on any atom is 0.179 e. The van der Waals surface area contributed by atoms with Crippen LogP contribution in [0.5, 0.6) is 11.5 Å². The summed E-state index contributed by atoms with van der Waals surface area (Å²) >= 11 is 6.22. The fraction of sp³-hybridized carbons (Fsp3) is 0.467. The van der Waals surface area contributed by atoms with Crippen molar-refractivity contribution in [3.63, 3.8) is 0 Å². The van der Waals surface area contributed by atoms with Gasteiger partial charge in [-0.3, -0.25) is 0 Å². The Bertz CT molecular complexity index is 468. The van der Waals surface area contributed by atoms with Crippen molar-refractivity contribution >= 4 is 11.6 Å². The van der Waals surface area contributed by atoms with Crippen molar-refractivity contribution < 1.29 is 9.47 Å². The van der Waals surface area contributed by atoms with Gasteiger partial charge in [-0.1, -0.05) is 11.6 Å². The molecule has 1 aromatic rings. The zero-order valence-electron chi connectivity index (χ0n) is 10.9. The van der Waals surface area contributed by atoms with Crippen molar-refractivity contribution in [2.24, 2.45) is 0 Å². The molecule has 3 nitrogen and oxygen atoms in total. The molecule has 0 saturated carbocycles. The van der Waals surface area contributed by atoms with Crippen LogP contribution in [0.15, 0.2) is 12.1 Å². The first kappa shape index (κ1) is 14.0. The summed E-state index contributed by atoms with van der Waals surface area (Å²) in [7, 11) is 0. The SMILES string of the molecule is C#CCCCNCc1cc(Cl)c2c(c1)OCCCO2. The van der Waals surface area contributed by atoms with Gasteiger partial charge in [0.1, 0.15) is 0 Å². The number of nitrogens with one attached hydrogen (secondary N) is 1. The third-order valence-corrected chi connectivity index (χ3v) is 3.15. The zero-order valence-corrected chi connectivity index (χ0v) is 11.6. The molecule has 0 aliphatic carbocycles. The Labute approximate surface area is 119 Å². The van der Waals surface area contributed by atoms with E-state index in [0.717, 1.165) is 43.7 Å². The quantitative estimate of drug-likeness (QED) is 0.664. The number of halogens is 1. The van der Waals surface area contributed by atoms with Crippen molar-refractivity contribution in [2.75, 3.05) is 19.8 Å². The van der Waals surface area contributed by atoms with E-state index >= 15 is 0 Å². The number of hydrogen-bond acceptors (Lipinski definition) is 3. The van der Waals surface area contributed by atoms with E-state index in [1.807, 2.05) is 12.1 Å². The van der Waals surface area contributed by atoms with Crippen LogP contribution in [0.1, 0.15) is 24.8 Å². The molecule has 0 atom stereocenters. The van der Waals surface area contributed by atoms with E-state index in [1.165, 1.54) is 0 Å². The largest absolute Gasteiger partial charge is 0.489 e. The van der Waals surface area contributed by atoms with Gasteiger partial charge in [-0.05, 0) is 30.7 Å². The van der Waals surface area contributed by atoms with E-state index in [0.29, 0.717) is 24.0 Å². The predicted molar refractivity (Wildman–Crippen MR) is 76.8 cm³/mol. The highest BCUT2D eigenvalue weighted by atomic mass is 35.5. The second kappa shape index (κ2) is 7.28. The maximum absolute atomic E-state index is 6.22. The molecule has 4 heteroatoms. The van der Waals surface area contributed by atoms with E-state index in [9.17, 15) is 0 Å². The van der Waals surface area contributed by atoms with E-state index in [-0.39, 0.29) is 0 Å².